The summed E-state index contributed by atoms with van der Waals surface area (Å²) in [7, 11) is 0. The second kappa shape index (κ2) is 5.97. The number of aliphatic hydroxyl groups is 1. The van der Waals surface area contributed by atoms with E-state index in [0.717, 1.165) is 24.2 Å². The highest BCUT2D eigenvalue weighted by molar-refractivity contribution is 5.42. The van der Waals surface area contributed by atoms with Gasteiger partial charge in [0, 0.05) is 0 Å². The van der Waals surface area contributed by atoms with Gasteiger partial charge in [-0.2, -0.15) is 0 Å². The molecule has 102 valence electrons. The van der Waals surface area contributed by atoms with Crippen molar-refractivity contribution >= 4 is 0 Å². The van der Waals surface area contributed by atoms with Crippen LogP contribution in [-0.4, -0.2) is 20.1 Å². The number of aryl methyl sites for hydroxylation is 1. The summed E-state index contributed by atoms with van der Waals surface area (Å²) in [5.41, 5.74) is 3.99. The Morgan fingerprint density at radius 2 is 2.00 bits per heavy atom. The van der Waals surface area contributed by atoms with Crippen LogP contribution in [0.5, 0.6) is 0 Å². The van der Waals surface area contributed by atoms with E-state index in [0.29, 0.717) is 11.6 Å². The first kappa shape index (κ1) is 13.7. The molecule has 1 N–H and O–H groups in total. The van der Waals surface area contributed by atoms with Crippen molar-refractivity contribution in [1.29, 1.82) is 0 Å². The number of rotatable bonds is 5. The Balaban J connectivity index is 2.52. The normalized spacial score (nSPS) is 11.2. The van der Waals surface area contributed by atoms with Crippen molar-refractivity contribution in [3.63, 3.8) is 0 Å². The fourth-order valence-electron chi connectivity index (χ4n) is 2.26. The van der Waals surface area contributed by atoms with Crippen molar-refractivity contribution in [3.8, 4) is 5.69 Å². The van der Waals surface area contributed by atoms with Crippen LogP contribution in [0.1, 0.15) is 37.7 Å². The molecule has 0 atom stereocenters. The number of hydrogen-bond acceptors (Lipinski definition) is 3. The van der Waals surface area contributed by atoms with Crippen LogP contribution in [0.25, 0.3) is 5.69 Å². The molecule has 0 unspecified atom stereocenters. The standard InChI is InChI=1S/C15H21N3O/c1-4-12-7-5-6-8-14(12)18-15(9-11(2)3)13(10-19)16-17-18/h5-8,11,19H,4,9-10H2,1-3H3. The van der Waals surface area contributed by atoms with Gasteiger partial charge in [0.05, 0.1) is 18.0 Å². The van der Waals surface area contributed by atoms with Gasteiger partial charge in [0.2, 0.25) is 0 Å². The van der Waals surface area contributed by atoms with E-state index in [1.54, 1.807) is 0 Å². The van der Waals surface area contributed by atoms with E-state index >= 15 is 0 Å². The highest BCUT2D eigenvalue weighted by Crippen LogP contribution is 2.20. The molecule has 2 aromatic rings. The molecule has 1 heterocycles. The second-order valence-corrected chi connectivity index (χ2v) is 5.13. The zero-order chi connectivity index (χ0) is 13.8. The maximum atomic E-state index is 9.40. The van der Waals surface area contributed by atoms with E-state index in [1.165, 1.54) is 5.56 Å². The van der Waals surface area contributed by atoms with Crippen molar-refractivity contribution in [2.45, 2.75) is 40.2 Å². The molecule has 0 saturated heterocycles. The lowest BCUT2D eigenvalue weighted by atomic mass is 10.1. The van der Waals surface area contributed by atoms with Gasteiger partial charge in [0.15, 0.2) is 0 Å². The fraction of sp³-hybridized carbons (Fsp3) is 0.467. The van der Waals surface area contributed by atoms with Crippen LogP contribution >= 0.6 is 0 Å². The summed E-state index contributed by atoms with van der Waals surface area (Å²) >= 11 is 0. The van der Waals surface area contributed by atoms with Crippen molar-refractivity contribution in [1.82, 2.24) is 15.0 Å². The maximum absolute atomic E-state index is 9.40. The number of hydrogen-bond donors (Lipinski definition) is 1. The lowest BCUT2D eigenvalue weighted by Gasteiger charge is -2.12. The molecule has 4 heteroatoms. The van der Waals surface area contributed by atoms with Gasteiger partial charge in [-0.3, -0.25) is 0 Å². The van der Waals surface area contributed by atoms with E-state index in [4.69, 9.17) is 0 Å². The number of aliphatic hydroxyl groups excluding tert-OH is 1. The fourth-order valence-corrected chi connectivity index (χ4v) is 2.26. The first-order valence-corrected chi connectivity index (χ1v) is 6.80. The minimum Gasteiger partial charge on any atom is -0.390 e. The average Bonchev–Trinajstić information content (AvgIpc) is 2.80. The number of para-hydroxylation sites is 1. The van der Waals surface area contributed by atoms with E-state index < -0.39 is 0 Å². The molecule has 1 aromatic heterocycles. The van der Waals surface area contributed by atoms with Gasteiger partial charge < -0.3 is 5.11 Å². The summed E-state index contributed by atoms with van der Waals surface area (Å²) in [6.07, 6.45) is 1.81. The average molecular weight is 259 g/mol. The van der Waals surface area contributed by atoms with Crippen LogP contribution < -0.4 is 0 Å². The van der Waals surface area contributed by atoms with Crippen molar-refractivity contribution in [2.24, 2.45) is 5.92 Å². The van der Waals surface area contributed by atoms with E-state index in [9.17, 15) is 5.11 Å². The van der Waals surface area contributed by atoms with Gasteiger partial charge in [0.1, 0.15) is 5.69 Å². The van der Waals surface area contributed by atoms with Crippen LogP contribution in [-0.2, 0) is 19.4 Å². The van der Waals surface area contributed by atoms with E-state index in [1.807, 2.05) is 16.8 Å². The summed E-state index contributed by atoms with van der Waals surface area (Å²) in [5.74, 6) is 0.497. The SMILES string of the molecule is CCc1ccccc1-n1nnc(CO)c1CC(C)C. The number of nitrogens with zero attached hydrogens (tertiary/aromatic N) is 3. The van der Waals surface area contributed by atoms with E-state index in [-0.39, 0.29) is 6.61 Å². The molecular formula is C15H21N3O. The third-order valence-electron chi connectivity index (χ3n) is 3.20. The molecule has 0 bridgehead atoms. The Bertz CT molecular complexity index is 546. The van der Waals surface area contributed by atoms with Crippen LogP contribution in [0.2, 0.25) is 0 Å². The van der Waals surface area contributed by atoms with E-state index in [2.05, 4.69) is 43.2 Å². The second-order valence-electron chi connectivity index (χ2n) is 5.13. The Labute approximate surface area is 114 Å². The first-order chi connectivity index (χ1) is 9.17. The predicted molar refractivity (Wildman–Crippen MR) is 75.2 cm³/mol. The number of benzene rings is 1. The molecule has 0 radical (unpaired) electrons. The molecule has 0 spiro atoms. The van der Waals surface area contributed by atoms with Crippen LogP contribution in [0, 0.1) is 5.92 Å². The molecule has 0 aliphatic rings. The Morgan fingerprint density at radius 3 is 2.63 bits per heavy atom. The smallest absolute Gasteiger partial charge is 0.112 e. The van der Waals surface area contributed by atoms with Crippen molar-refractivity contribution < 1.29 is 5.11 Å². The minimum atomic E-state index is -0.0592. The zero-order valence-corrected chi connectivity index (χ0v) is 11.8. The monoisotopic (exact) mass is 259 g/mol. The molecule has 4 nitrogen and oxygen atoms in total. The summed E-state index contributed by atoms with van der Waals surface area (Å²) in [6, 6.07) is 8.20. The summed E-state index contributed by atoms with van der Waals surface area (Å²) in [5, 5.41) is 17.7. The number of aromatic nitrogens is 3. The molecule has 0 saturated carbocycles. The highest BCUT2D eigenvalue weighted by atomic mass is 16.3. The molecule has 2 rings (SSSR count). The third-order valence-corrected chi connectivity index (χ3v) is 3.20. The van der Waals surface area contributed by atoms with Gasteiger partial charge in [-0.1, -0.05) is 44.2 Å². The maximum Gasteiger partial charge on any atom is 0.112 e. The van der Waals surface area contributed by atoms with Gasteiger partial charge >= 0.3 is 0 Å². The van der Waals surface area contributed by atoms with Crippen LogP contribution in [0.15, 0.2) is 24.3 Å². The quantitative estimate of drug-likeness (QED) is 0.897. The molecule has 0 aliphatic carbocycles. The lowest BCUT2D eigenvalue weighted by molar-refractivity contribution is 0.275. The first-order valence-electron chi connectivity index (χ1n) is 6.80. The zero-order valence-electron chi connectivity index (χ0n) is 11.8. The van der Waals surface area contributed by atoms with Gasteiger partial charge in [-0.25, -0.2) is 4.68 Å². The Morgan fingerprint density at radius 1 is 1.26 bits per heavy atom. The van der Waals surface area contributed by atoms with Gasteiger partial charge in [-0.15, -0.1) is 5.10 Å². The Kier molecular flexibility index (Phi) is 4.32. The minimum absolute atomic E-state index is 0.0592. The molecule has 0 fully saturated rings. The summed E-state index contributed by atoms with van der Waals surface area (Å²) in [6.45, 7) is 6.38. The van der Waals surface area contributed by atoms with Crippen LogP contribution in [0.3, 0.4) is 0 Å². The predicted octanol–water partition coefficient (Wildman–Crippen LogP) is 2.52. The highest BCUT2D eigenvalue weighted by Gasteiger charge is 2.16. The van der Waals surface area contributed by atoms with Crippen molar-refractivity contribution in [2.75, 3.05) is 0 Å². The molecule has 19 heavy (non-hydrogen) atoms. The topological polar surface area (TPSA) is 50.9 Å². The largest absolute Gasteiger partial charge is 0.390 e. The summed E-state index contributed by atoms with van der Waals surface area (Å²) in [4.78, 5) is 0. The molecular weight excluding hydrogens is 238 g/mol. The Hall–Kier alpha value is -1.68. The lowest BCUT2D eigenvalue weighted by Crippen LogP contribution is -2.09. The molecule has 0 aliphatic heterocycles. The molecule has 0 amide bonds. The summed E-state index contributed by atoms with van der Waals surface area (Å²) < 4.78 is 1.88. The third kappa shape index (κ3) is 2.84. The van der Waals surface area contributed by atoms with Gasteiger partial charge in [0.25, 0.3) is 0 Å². The molecule has 1 aromatic carbocycles. The van der Waals surface area contributed by atoms with Crippen molar-refractivity contribution in [3.05, 3.63) is 41.2 Å². The van der Waals surface area contributed by atoms with Gasteiger partial charge in [-0.05, 0) is 30.4 Å². The van der Waals surface area contributed by atoms with Crippen LogP contribution in [0.4, 0.5) is 0 Å².